The molecule has 2 N–H and O–H groups in total. The van der Waals surface area contributed by atoms with Crippen molar-refractivity contribution >= 4 is 28.5 Å². The van der Waals surface area contributed by atoms with Crippen LogP contribution in [0, 0.1) is 0 Å². The maximum Gasteiger partial charge on any atom is 0.353 e. The van der Waals surface area contributed by atoms with Crippen LogP contribution in [0.15, 0.2) is 42.5 Å². The standard InChI is InChI=1S/C21H20ClNO2/c22-19-17-12-16(10-11-18(17)23-20(19)21(24)25)15-8-6-14(7-9-15)13-4-2-1-3-5-13/h6-13,23H,1-5H2,(H,24,25). The van der Waals surface area contributed by atoms with Crippen molar-refractivity contribution in [1.82, 2.24) is 4.98 Å². The topological polar surface area (TPSA) is 53.1 Å². The number of halogens is 1. The summed E-state index contributed by atoms with van der Waals surface area (Å²) in [6.45, 7) is 0. The van der Waals surface area contributed by atoms with E-state index in [-0.39, 0.29) is 10.7 Å². The Labute approximate surface area is 151 Å². The number of benzene rings is 2. The zero-order valence-electron chi connectivity index (χ0n) is 13.9. The van der Waals surface area contributed by atoms with Crippen molar-refractivity contribution in [2.75, 3.05) is 0 Å². The molecule has 1 aliphatic rings. The summed E-state index contributed by atoms with van der Waals surface area (Å²) < 4.78 is 0. The van der Waals surface area contributed by atoms with Gasteiger partial charge in [-0.15, -0.1) is 0 Å². The van der Waals surface area contributed by atoms with Gasteiger partial charge in [-0.2, -0.15) is 0 Å². The van der Waals surface area contributed by atoms with Gasteiger partial charge in [0, 0.05) is 10.9 Å². The second-order valence-electron chi connectivity index (χ2n) is 6.84. The molecule has 3 nitrogen and oxygen atoms in total. The maximum atomic E-state index is 11.2. The van der Waals surface area contributed by atoms with Crippen LogP contribution in [0.1, 0.15) is 54.1 Å². The Morgan fingerprint density at radius 3 is 2.36 bits per heavy atom. The van der Waals surface area contributed by atoms with E-state index in [2.05, 4.69) is 29.2 Å². The first-order valence-corrected chi connectivity index (χ1v) is 9.16. The van der Waals surface area contributed by atoms with E-state index >= 15 is 0 Å². The first kappa shape index (κ1) is 16.2. The quantitative estimate of drug-likeness (QED) is 0.586. The van der Waals surface area contributed by atoms with Gasteiger partial charge in [-0.1, -0.05) is 61.2 Å². The Bertz CT molecular complexity index is 921. The molecule has 0 atom stereocenters. The number of aromatic carboxylic acids is 1. The Hall–Kier alpha value is -2.26. The highest BCUT2D eigenvalue weighted by Gasteiger charge is 2.17. The molecule has 128 valence electrons. The minimum atomic E-state index is -1.04. The third-order valence-electron chi connectivity index (χ3n) is 5.27. The number of aromatic nitrogens is 1. The lowest BCUT2D eigenvalue weighted by Gasteiger charge is -2.22. The first-order valence-electron chi connectivity index (χ1n) is 8.78. The summed E-state index contributed by atoms with van der Waals surface area (Å²) in [6, 6.07) is 14.6. The number of fused-ring (bicyclic) bond motifs is 1. The zero-order valence-corrected chi connectivity index (χ0v) is 14.6. The van der Waals surface area contributed by atoms with E-state index in [1.165, 1.54) is 37.7 Å². The van der Waals surface area contributed by atoms with E-state index in [1.807, 2.05) is 18.2 Å². The first-order chi connectivity index (χ1) is 12.1. The van der Waals surface area contributed by atoms with Crippen LogP contribution in [-0.2, 0) is 0 Å². The van der Waals surface area contributed by atoms with E-state index in [0.717, 1.165) is 22.0 Å². The molecule has 4 heteroatoms. The lowest BCUT2D eigenvalue weighted by atomic mass is 9.84. The molecule has 4 rings (SSSR count). The van der Waals surface area contributed by atoms with Crippen molar-refractivity contribution in [2.45, 2.75) is 38.0 Å². The highest BCUT2D eigenvalue weighted by atomic mass is 35.5. The molecular weight excluding hydrogens is 334 g/mol. The molecule has 0 bridgehead atoms. The number of carbonyl (C=O) groups is 1. The maximum absolute atomic E-state index is 11.2. The van der Waals surface area contributed by atoms with Gasteiger partial charge in [0.2, 0.25) is 0 Å². The van der Waals surface area contributed by atoms with Gasteiger partial charge in [0.15, 0.2) is 0 Å². The molecule has 0 spiro atoms. The number of aromatic amines is 1. The van der Waals surface area contributed by atoms with E-state index in [0.29, 0.717) is 5.92 Å². The van der Waals surface area contributed by atoms with Crippen LogP contribution in [0.5, 0.6) is 0 Å². The molecule has 0 radical (unpaired) electrons. The molecule has 0 saturated heterocycles. The highest BCUT2D eigenvalue weighted by molar-refractivity contribution is 6.38. The smallest absolute Gasteiger partial charge is 0.353 e. The minimum absolute atomic E-state index is 0.0430. The van der Waals surface area contributed by atoms with Crippen LogP contribution in [0.25, 0.3) is 22.0 Å². The average molecular weight is 354 g/mol. The third-order valence-corrected chi connectivity index (χ3v) is 5.66. The fourth-order valence-corrected chi connectivity index (χ4v) is 4.15. The van der Waals surface area contributed by atoms with Crippen molar-refractivity contribution in [3.05, 3.63) is 58.7 Å². The molecule has 1 aliphatic carbocycles. The van der Waals surface area contributed by atoms with Crippen LogP contribution in [0.3, 0.4) is 0 Å². The molecule has 1 fully saturated rings. The third kappa shape index (κ3) is 3.05. The average Bonchev–Trinajstić information content (AvgIpc) is 2.99. The summed E-state index contributed by atoms with van der Waals surface area (Å²) in [5.74, 6) is -0.345. The van der Waals surface area contributed by atoms with Gasteiger partial charge in [-0.05, 0) is 47.6 Å². The zero-order chi connectivity index (χ0) is 17.4. The van der Waals surface area contributed by atoms with E-state index < -0.39 is 5.97 Å². The predicted molar refractivity (Wildman–Crippen MR) is 102 cm³/mol. The Morgan fingerprint density at radius 1 is 1.00 bits per heavy atom. The molecule has 1 aromatic heterocycles. The number of hydrogen-bond acceptors (Lipinski definition) is 1. The number of hydrogen-bond donors (Lipinski definition) is 2. The van der Waals surface area contributed by atoms with Gasteiger partial charge in [-0.25, -0.2) is 4.79 Å². The SMILES string of the molecule is O=C(O)c1[nH]c2ccc(-c3ccc(C4CCCCC4)cc3)cc2c1Cl. The van der Waals surface area contributed by atoms with Crippen molar-refractivity contribution < 1.29 is 9.90 Å². The Kier molecular flexibility index (Phi) is 4.26. The number of H-pyrrole nitrogens is 1. The van der Waals surface area contributed by atoms with Crippen LogP contribution in [0.4, 0.5) is 0 Å². The summed E-state index contributed by atoms with van der Waals surface area (Å²) in [7, 11) is 0. The largest absolute Gasteiger partial charge is 0.477 e. The van der Waals surface area contributed by atoms with Gasteiger partial charge in [0.25, 0.3) is 0 Å². The molecule has 2 aromatic carbocycles. The molecular formula is C21H20ClNO2. The van der Waals surface area contributed by atoms with E-state index in [1.54, 1.807) is 0 Å². The molecule has 1 saturated carbocycles. The van der Waals surface area contributed by atoms with Gasteiger partial charge < -0.3 is 10.1 Å². The lowest BCUT2D eigenvalue weighted by molar-refractivity contribution is 0.0691. The molecule has 25 heavy (non-hydrogen) atoms. The Morgan fingerprint density at radius 2 is 1.68 bits per heavy atom. The highest BCUT2D eigenvalue weighted by Crippen LogP contribution is 2.35. The van der Waals surface area contributed by atoms with E-state index in [9.17, 15) is 9.90 Å². The van der Waals surface area contributed by atoms with E-state index in [4.69, 9.17) is 11.6 Å². The predicted octanol–water partition coefficient (Wildman–Crippen LogP) is 6.23. The van der Waals surface area contributed by atoms with Gasteiger partial charge in [0.05, 0.1) is 5.02 Å². The summed E-state index contributed by atoms with van der Waals surface area (Å²) >= 11 is 6.23. The summed E-state index contributed by atoms with van der Waals surface area (Å²) in [4.78, 5) is 14.1. The second-order valence-corrected chi connectivity index (χ2v) is 7.21. The number of rotatable bonds is 3. The fourth-order valence-electron chi connectivity index (χ4n) is 3.87. The van der Waals surface area contributed by atoms with Crippen LogP contribution >= 0.6 is 11.6 Å². The minimum Gasteiger partial charge on any atom is -0.477 e. The van der Waals surface area contributed by atoms with Gasteiger partial charge >= 0.3 is 5.97 Å². The van der Waals surface area contributed by atoms with Crippen molar-refractivity contribution in [1.29, 1.82) is 0 Å². The normalized spacial score (nSPS) is 15.6. The number of carboxylic acid groups (broad SMARTS) is 1. The van der Waals surface area contributed by atoms with Crippen LogP contribution in [-0.4, -0.2) is 16.1 Å². The Balaban J connectivity index is 1.67. The summed E-state index contributed by atoms with van der Waals surface area (Å²) in [5, 5.41) is 10.2. The summed E-state index contributed by atoms with van der Waals surface area (Å²) in [5.41, 5.74) is 4.37. The van der Waals surface area contributed by atoms with Crippen molar-refractivity contribution in [2.24, 2.45) is 0 Å². The number of nitrogens with one attached hydrogen (secondary N) is 1. The molecule has 3 aromatic rings. The second kappa shape index (κ2) is 6.57. The van der Waals surface area contributed by atoms with Gasteiger partial charge in [0.1, 0.15) is 5.69 Å². The summed E-state index contributed by atoms with van der Waals surface area (Å²) in [6.07, 6.45) is 6.62. The molecule has 0 amide bonds. The lowest BCUT2D eigenvalue weighted by Crippen LogP contribution is -2.04. The monoisotopic (exact) mass is 353 g/mol. The van der Waals surface area contributed by atoms with Crippen molar-refractivity contribution in [3.8, 4) is 11.1 Å². The fraction of sp³-hybridized carbons (Fsp3) is 0.286. The molecule has 0 aliphatic heterocycles. The van der Waals surface area contributed by atoms with Crippen LogP contribution < -0.4 is 0 Å². The molecule has 1 heterocycles. The number of carboxylic acids is 1. The molecule has 0 unspecified atom stereocenters. The van der Waals surface area contributed by atoms with Crippen molar-refractivity contribution in [3.63, 3.8) is 0 Å². The van der Waals surface area contributed by atoms with Gasteiger partial charge in [-0.3, -0.25) is 0 Å². The van der Waals surface area contributed by atoms with Crippen LogP contribution in [0.2, 0.25) is 5.02 Å².